The Labute approximate surface area is 134 Å². The van der Waals surface area contributed by atoms with E-state index in [9.17, 15) is 9.90 Å². The van der Waals surface area contributed by atoms with Gasteiger partial charge in [0.2, 0.25) is 0 Å². The zero-order valence-corrected chi connectivity index (χ0v) is 13.5. The van der Waals surface area contributed by atoms with Gasteiger partial charge in [-0.1, -0.05) is 19.1 Å². The lowest BCUT2D eigenvalue weighted by atomic mass is 10.1. The Balaban J connectivity index is 1.88. The summed E-state index contributed by atoms with van der Waals surface area (Å²) in [6.07, 6.45) is 2.72. The Bertz CT molecular complexity index is 610. The monoisotopic (exact) mass is 320 g/mol. The molecule has 0 fully saturated rings. The Hall–Kier alpha value is -1.92. The molecule has 0 spiro atoms. The molecule has 0 aliphatic rings. The Kier molecular flexibility index (Phi) is 5.91. The fraction of sp³-hybridized carbons (Fsp3) is 0.375. The van der Waals surface area contributed by atoms with Crippen LogP contribution in [0.5, 0.6) is 5.75 Å². The lowest BCUT2D eigenvalue weighted by Gasteiger charge is -2.12. The van der Waals surface area contributed by atoms with Gasteiger partial charge in [0, 0.05) is 6.54 Å². The number of carbonyl (C=O) groups is 1. The number of methoxy groups -OCH3 is 1. The minimum absolute atomic E-state index is 0.159. The highest BCUT2D eigenvalue weighted by Gasteiger charge is 2.13. The highest BCUT2D eigenvalue weighted by Crippen LogP contribution is 2.18. The first kappa shape index (κ1) is 16.5. The molecule has 1 unspecified atom stereocenters. The number of nitrogens with one attached hydrogen (secondary N) is 1. The minimum Gasteiger partial charge on any atom is -0.497 e. The van der Waals surface area contributed by atoms with Crippen LogP contribution in [0.3, 0.4) is 0 Å². The largest absolute Gasteiger partial charge is 0.497 e. The normalized spacial score (nSPS) is 12.0. The lowest BCUT2D eigenvalue weighted by Crippen LogP contribution is -2.27. The van der Waals surface area contributed by atoms with Crippen LogP contribution in [0.4, 0.5) is 0 Å². The number of hydrogen-bond donors (Lipinski definition) is 2. The molecule has 2 aromatic rings. The number of amides is 1. The molecule has 0 saturated carbocycles. The van der Waals surface area contributed by atoms with Crippen molar-refractivity contribution in [1.29, 1.82) is 0 Å². The predicted molar refractivity (Wildman–Crippen MR) is 86.4 cm³/mol. The summed E-state index contributed by atoms with van der Waals surface area (Å²) in [6, 6.07) is 7.12. The second-order valence-corrected chi connectivity index (χ2v) is 5.98. The standard InChI is InChI=1S/C16H20N2O3S/c1-3-4-15-17-10-14(22-15)16(20)18-9-13(19)11-5-7-12(21-2)8-6-11/h5-8,10,13,19H,3-4,9H2,1-2H3,(H,18,20). The topological polar surface area (TPSA) is 71.5 Å². The molecule has 0 radical (unpaired) electrons. The van der Waals surface area contributed by atoms with E-state index in [-0.39, 0.29) is 12.5 Å². The molecule has 1 atom stereocenters. The van der Waals surface area contributed by atoms with Crippen molar-refractivity contribution in [3.8, 4) is 5.75 Å². The van der Waals surface area contributed by atoms with Crippen molar-refractivity contribution in [3.63, 3.8) is 0 Å². The number of aryl methyl sites for hydroxylation is 1. The third kappa shape index (κ3) is 4.29. The molecule has 22 heavy (non-hydrogen) atoms. The van der Waals surface area contributed by atoms with Gasteiger partial charge in [0.25, 0.3) is 5.91 Å². The number of aromatic nitrogens is 1. The van der Waals surface area contributed by atoms with E-state index in [0.29, 0.717) is 4.88 Å². The van der Waals surface area contributed by atoms with Crippen LogP contribution < -0.4 is 10.1 Å². The van der Waals surface area contributed by atoms with E-state index in [1.54, 1.807) is 37.6 Å². The van der Waals surface area contributed by atoms with Gasteiger partial charge in [0.15, 0.2) is 0 Å². The molecule has 1 aromatic heterocycles. The third-order valence-corrected chi connectivity index (χ3v) is 4.25. The van der Waals surface area contributed by atoms with Crippen LogP contribution in [0, 0.1) is 0 Å². The van der Waals surface area contributed by atoms with E-state index < -0.39 is 6.10 Å². The molecular formula is C16H20N2O3S. The van der Waals surface area contributed by atoms with Crippen LogP contribution in [-0.4, -0.2) is 29.7 Å². The number of benzene rings is 1. The van der Waals surface area contributed by atoms with E-state index >= 15 is 0 Å². The van der Waals surface area contributed by atoms with Gasteiger partial charge in [-0.15, -0.1) is 11.3 Å². The van der Waals surface area contributed by atoms with Crippen LogP contribution in [0.25, 0.3) is 0 Å². The number of thiazole rings is 1. The van der Waals surface area contributed by atoms with Gasteiger partial charge in [0.1, 0.15) is 10.6 Å². The zero-order valence-electron chi connectivity index (χ0n) is 12.7. The van der Waals surface area contributed by atoms with Gasteiger partial charge in [-0.05, 0) is 30.5 Å². The first-order valence-electron chi connectivity index (χ1n) is 7.19. The number of hydrogen-bond acceptors (Lipinski definition) is 5. The number of aliphatic hydroxyl groups excluding tert-OH is 1. The van der Waals surface area contributed by atoms with E-state index in [2.05, 4.69) is 17.2 Å². The molecule has 0 aliphatic carbocycles. The number of carbonyl (C=O) groups excluding carboxylic acids is 1. The Morgan fingerprint density at radius 3 is 2.77 bits per heavy atom. The highest BCUT2D eigenvalue weighted by molar-refractivity contribution is 7.13. The van der Waals surface area contributed by atoms with Gasteiger partial charge in [-0.25, -0.2) is 4.98 Å². The molecule has 1 heterocycles. The summed E-state index contributed by atoms with van der Waals surface area (Å²) in [7, 11) is 1.59. The maximum Gasteiger partial charge on any atom is 0.263 e. The molecule has 118 valence electrons. The average molecular weight is 320 g/mol. The summed E-state index contributed by atoms with van der Waals surface area (Å²) in [5.74, 6) is 0.528. The summed E-state index contributed by atoms with van der Waals surface area (Å²) in [5.41, 5.74) is 0.733. The van der Waals surface area contributed by atoms with Crippen molar-refractivity contribution in [2.75, 3.05) is 13.7 Å². The summed E-state index contributed by atoms with van der Waals surface area (Å²) < 4.78 is 5.07. The van der Waals surface area contributed by atoms with Crippen molar-refractivity contribution in [1.82, 2.24) is 10.3 Å². The quantitative estimate of drug-likeness (QED) is 0.822. The Morgan fingerprint density at radius 2 is 2.14 bits per heavy atom. The fourth-order valence-electron chi connectivity index (χ4n) is 1.97. The van der Waals surface area contributed by atoms with Gasteiger partial charge >= 0.3 is 0 Å². The molecule has 0 saturated heterocycles. The molecule has 0 aliphatic heterocycles. The molecule has 0 bridgehead atoms. The van der Waals surface area contributed by atoms with Gasteiger partial charge in [-0.3, -0.25) is 4.79 Å². The number of rotatable bonds is 7. The average Bonchev–Trinajstić information content (AvgIpc) is 3.01. The first-order chi connectivity index (χ1) is 10.6. The van der Waals surface area contributed by atoms with E-state index in [0.717, 1.165) is 29.2 Å². The second kappa shape index (κ2) is 7.91. The van der Waals surface area contributed by atoms with Gasteiger partial charge in [0.05, 0.1) is 24.4 Å². The highest BCUT2D eigenvalue weighted by atomic mass is 32.1. The SMILES string of the molecule is CCCc1ncc(C(=O)NCC(O)c2ccc(OC)cc2)s1. The third-order valence-electron chi connectivity index (χ3n) is 3.20. The molecule has 2 N–H and O–H groups in total. The minimum atomic E-state index is -0.752. The molecular weight excluding hydrogens is 300 g/mol. The summed E-state index contributed by atoms with van der Waals surface area (Å²) in [6.45, 7) is 2.23. The molecule has 1 aromatic carbocycles. The molecule has 5 nitrogen and oxygen atoms in total. The van der Waals surface area contributed by atoms with Crippen LogP contribution in [0.1, 0.15) is 39.7 Å². The molecule has 1 amide bonds. The second-order valence-electron chi connectivity index (χ2n) is 4.87. The van der Waals surface area contributed by atoms with E-state index in [1.165, 1.54) is 11.3 Å². The van der Waals surface area contributed by atoms with Crippen molar-refractivity contribution in [3.05, 3.63) is 45.9 Å². The molecule has 2 rings (SSSR count). The van der Waals surface area contributed by atoms with Crippen molar-refractivity contribution >= 4 is 17.2 Å². The van der Waals surface area contributed by atoms with Crippen LogP contribution in [-0.2, 0) is 6.42 Å². The predicted octanol–water partition coefficient (Wildman–Crippen LogP) is 2.57. The lowest BCUT2D eigenvalue weighted by molar-refractivity contribution is 0.0920. The van der Waals surface area contributed by atoms with Crippen LogP contribution >= 0.6 is 11.3 Å². The van der Waals surface area contributed by atoms with E-state index in [1.807, 2.05) is 0 Å². The van der Waals surface area contributed by atoms with Gasteiger partial charge in [-0.2, -0.15) is 0 Å². The number of aliphatic hydroxyl groups is 1. The summed E-state index contributed by atoms with van der Waals surface area (Å²) in [5, 5.41) is 13.8. The van der Waals surface area contributed by atoms with Crippen molar-refractivity contribution in [2.45, 2.75) is 25.9 Å². The Morgan fingerprint density at radius 1 is 1.41 bits per heavy atom. The van der Waals surface area contributed by atoms with Crippen molar-refractivity contribution in [2.24, 2.45) is 0 Å². The zero-order chi connectivity index (χ0) is 15.9. The number of ether oxygens (including phenoxy) is 1. The van der Waals surface area contributed by atoms with Crippen molar-refractivity contribution < 1.29 is 14.6 Å². The summed E-state index contributed by atoms with van der Waals surface area (Å²) in [4.78, 5) is 16.8. The van der Waals surface area contributed by atoms with Crippen LogP contribution in [0.15, 0.2) is 30.5 Å². The maximum atomic E-state index is 12.0. The fourth-order valence-corrected chi connectivity index (χ4v) is 2.90. The van der Waals surface area contributed by atoms with Crippen LogP contribution in [0.2, 0.25) is 0 Å². The number of nitrogens with zero attached hydrogens (tertiary/aromatic N) is 1. The first-order valence-corrected chi connectivity index (χ1v) is 8.00. The van der Waals surface area contributed by atoms with E-state index in [4.69, 9.17) is 4.74 Å². The molecule has 6 heteroatoms. The smallest absolute Gasteiger partial charge is 0.263 e. The van der Waals surface area contributed by atoms with Gasteiger partial charge < -0.3 is 15.2 Å². The summed E-state index contributed by atoms with van der Waals surface area (Å²) >= 11 is 1.40. The maximum absolute atomic E-state index is 12.0.